The summed E-state index contributed by atoms with van der Waals surface area (Å²) >= 11 is 0. The van der Waals surface area contributed by atoms with Crippen molar-refractivity contribution in [1.82, 2.24) is 15.2 Å². The molecule has 0 saturated carbocycles. The minimum absolute atomic E-state index is 0.193. The van der Waals surface area contributed by atoms with Gasteiger partial charge in [0, 0.05) is 6.26 Å². The lowest BCUT2D eigenvalue weighted by Crippen LogP contribution is -2.19. The SMILES string of the molecule is Cc1cccc(C)c1OCCOn1nnc2ccc(S(C)(=O)=O)cc21. The number of hydrogen-bond acceptors (Lipinski definition) is 6. The Morgan fingerprint density at radius 1 is 1.08 bits per heavy atom. The molecule has 0 spiro atoms. The van der Waals surface area contributed by atoms with Gasteiger partial charge in [-0.15, -0.1) is 5.10 Å². The standard InChI is InChI=1S/C17H19N3O4S/c1-12-5-4-6-13(2)17(12)23-9-10-24-20-16-11-14(25(3,21)22)7-8-15(16)18-19-20/h4-8,11H,9-10H2,1-3H3. The van der Waals surface area contributed by atoms with Crippen LogP contribution in [-0.4, -0.2) is 43.0 Å². The number of fused-ring (bicyclic) bond motifs is 1. The first kappa shape index (κ1) is 17.2. The van der Waals surface area contributed by atoms with Gasteiger partial charge < -0.3 is 9.57 Å². The van der Waals surface area contributed by atoms with Crippen molar-refractivity contribution in [3.63, 3.8) is 0 Å². The molecule has 132 valence electrons. The maximum Gasteiger partial charge on any atom is 0.175 e. The first-order valence-corrected chi connectivity index (χ1v) is 9.63. The largest absolute Gasteiger partial charge is 0.489 e. The lowest BCUT2D eigenvalue weighted by Gasteiger charge is -2.12. The topological polar surface area (TPSA) is 83.3 Å². The molecule has 0 amide bonds. The van der Waals surface area contributed by atoms with E-state index in [2.05, 4.69) is 10.3 Å². The molecule has 0 N–H and O–H groups in total. The highest BCUT2D eigenvalue weighted by molar-refractivity contribution is 7.90. The average Bonchev–Trinajstić information content (AvgIpc) is 2.95. The third-order valence-corrected chi connectivity index (χ3v) is 4.88. The second-order valence-electron chi connectivity index (χ2n) is 5.79. The molecule has 0 bridgehead atoms. The summed E-state index contributed by atoms with van der Waals surface area (Å²) in [6.07, 6.45) is 1.15. The zero-order valence-electron chi connectivity index (χ0n) is 14.3. The summed E-state index contributed by atoms with van der Waals surface area (Å²) in [7, 11) is -3.31. The quantitative estimate of drug-likeness (QED) is 0.624. The minimum Gasteiger partial charge on any atom is -0.489 e. The molecule has 1 heterocycles. The van der Waals surface area contributed by atoms with E-state index in [0.717, 1.165) is 23.1 Å². The highest BCUT2D eigenvalue weighted by Crippen LogP contribution is 2.22. The van der Waals surface area contributed by atoms with E-state index in [9.17, 15) is 8.42 Å². The first-order valence-electron chi connectivity index (χ1n) is 7.74. The predicted octanol–water partition coefficient (Wildman–Crippen LogP) is 1.96. The first-order chi connectivity index (χ1) is 11.9. The van der Waals surface area contributed by atoms with Crippen molar-refractivity contribution in [3.8, 4) is 5.75 Å². The maximum absolute atomic E-state index is 11.7. The molecule has 0 radical (unpaired) electrons. The fraction of sp³-hybridized carbons (Fsp3) is 0.294. The van der Waals surface area contributed by atoms with E-state index in [0.29, 0.717) is 17.6 Å². The summed E-state index contributed by atoms with van der Waals surface area (Å²) in [6, 6.07) is 10.6. The number of sulfone groups is 1. The zero-order valence-corrected chi connectivity index (χ0v) is 15.1. The number of rotatable bonds is 6. The summed E-state index contributed by atoms with van der Waals surface area (Å²) in [5.41, 5.74) is 3.17. The van der Waals surface area contributed by atoms with Gasteiger partial charge >= 0.3 is 0 Å². The van der Waals surface area contributed by atoms with Gasteiger partial charge in [0.1, 0.15) is 23.4 Å². The second-order valence-corrected chi connectivity index (χ2v) is 7.80. The van der Waals surface area contributed by atoms with Crippen molar-refractivity contribution in [2.45, 2.75) is 18.7 Å². The Balaban J connectivity index is 1.69. The number of ether oxygens (including phenoxy) is 1. The molecule has 3 aromatic rings. The molecule has 2 aromatic carbocycles. The minimum atomic E-state index is -3.31. The van der Waals surface area contributed by atoms with Crippen LogP contribution in [-0.2, 0) is 9.84 Å². The molecule has 8 heteroatoms. The Morgan fingerprint density at radius 2 is 1.80 bits per heavy atom. The van der Waals surface area contributed by atoms with Gasteiger partial charge in [0.15, 0.2) is 16.4 Å². The molecule has 0 unspecified atom stereocenters. The van der Waals surface area contributed by atoms with Crippen LogP contribution in [0.25, 0.3) is 11.0 Å². The van der Waals surface area contributed by atoms with Gasteiger partial charge in [-0.25, -0.2) is 8.42 Å². The number of aryl methyl sites for hydroxylation is 2. The van der Waals surface area contributed by atoms with Gasteiger partial charge in [-0.05, 0) is 48.4 Å². The third kappa shape index (κ3) is 3.74. The summed E-state index contributed by atoms with van der Waals surface area (Å²) in [5, 5.41) is 7.85. The van der Waals surface area contributed by atoms with Crippen molar-refractivity contribution in [2.75, 3.05) is 19.5 Å². The van der Waals surface area contributed by atoms with Crippen LogP contribution in [0.15, 0.2) is 41.3 Å². The van der Waals surface area contributed by atoms with Crippen LogP contribution in [0.4, 0.5) is 0 Å². The Morgan fingerprint density at radius 3 is 2.48 bits per heavy atom. The van der Waals surface area contributed by atoms with Crippen LogP contribution in [0.1, 0.15) is 11.1 Å². The molecule has 1 aromatic heterocycles. The number of para-hydroxylation sites is 1. The summed E-state index contributed by atoms with van der Waals surface area (Å²) in [4.78, 5) is 6.97. The van der Waals surface area contributed by atoms with E-state index >= 15 is 0 Å². The molecule has 0 aliphatic rings. The number of hydrogen-bond donors (Lipinski definition) is 0. The fourth-order valence-electron chi connectivity index (χ4n) is 2.50. The van der Waals surface area contributed by atoms with E-state index in [1.54, 1.807) is 6.07 Å². The lowest BCUT2D eigenvalue weighted by molar-refractivity contribution is 0.0636. The summed E-state index contributed by atoms with van der Waals surface area (Å²) < 4.78 is 29.1. The molecular weight excluding hydrogens is 342 g/mol. The second kappa shape index (κ2) is 6.72. The molecule has 7 nitrogen and oxygen atoms in total. The molecule has 25 heavy (non-hydrogen) atoms. The molecule has 0 aliphatic carbocycles. The van der Waals surface area contributed by atoms with Crippen molar-refractivity contribution in [1.29, 1.82) is 0 Å². The van der Waals surface area contributed by atoms with Gasteiger partial charge in [0.25, 0.3) is 0 Å². The zero-order chi connectivity index (χ0) is 18.0. The Kier molecular flexibility index (Phi) is 4.63. The Hall–Kier alpha value is -2.61. The molecule has 0 atom stereocenters. The highest BCUT2D eigenvalue weighted by Gasteiger charge is 2.12. The van der Waals surface area contributed by atoms with E-state index in [1.165, 1.54) is 17.0 Å². The highest BCUT2D eigenvalue weighted by atomic mass is 32.2. The maximum atomic E-state index is 11.7. The monoisotopic (exact) mass is 361 g/mol. The lowest BCUT2D eigenvalue weighted by atomic mass is 10.1. The van der Waals surface area contributed by atoms with Gasteiger partial charge in [0.05, 0.1) is 4.90 Å². The van der Waals surface area contributed by atoms with Crippen LogP contribution in [0.2, 0.25) is 0 Å². The van der Waals surface area contributed by atoms with Gasteiger partial charge in [-0.2, -0.15) is 0 Å². The van der Waals surface area contributed by atoms with Crippen LogP contribution < -0.4 is 9.57 Å². The Labute approximate surface area is 146 Å². The van der Waals surface area contributed by atoms with Gasteiger partial charge in [0.2, 0.25) is 0 Å². The number of nitrogens with zero attached hydrogens (tertiary/aromatic N) is 3. The average molecular weight is 361 g/mol. The van der Waals surface area contributed by atoms with Crippen LogP contribution in [0, 0.1) is 13.8 Å². The van der Waals surface area contributed by atoms with E-state index < -0.39 is 9.84 Å². The van der Waals surface area contributed by atoms with Gasteiger partial charge in [-0.3, -0.25) is 0 Å². The fourth-order valence-corrected chi connectivity index (χ4v) is 3.14. The predicted molar refractivity (Wildman–Crippen MR) is 93.5 cm³/mol. The number of aromatic nitrogens is 3. The summed E-state index contributed by atoms with van der Waals surface area (Å²) in [6.45, 7) is 4.55. The smallest absolute Gasteiger partial charge is 0.175 e. The van der Waals surface area contributed by atoms with Crippen molar-refractivity contribution in [2.24, 2.45) is 0 Å². The number of benzene rings is 2. The van der Waals surface area contributed by atoms with Crippen LogP contribution in [0.5, 0.6) is 5.75 Å². The van der Waals surface area contributed by atoms with Crippen molar-refractivity contribution >= 4 is 20.9 Å². The van der Waals surface area contributed by atoms with Crippen LogP contribution >= 0.6 is 0 Å². The van der Waals surface area contributed by atoms with E-state index in [1.807, 2.05) is 32.0 Å². The van der Waals surface area contributed by atoms with Gasteiger partial charge in [-0.1, -0.05) is 23.0 Å². The molecule has 0 fully saturated rings. The molecule has 0 saturated heterocycles. The van der Waals surface area contributed by atoms with Crippen LogP contribution in [0.3, 0.4) is 0 Å². The van der Waals surface area contributed by atoms with Crippen molar-refractivity contribution in [3.05, 3.63) is 47.5 Å². The van der Waals surface area contributed by atoms with E-state index in [4.69, 9.17) is 9.57 Å². The Bertz CT molecular complexity index is 992. The molecular formula is C17H19N3O4S. The molecule has 3 rings (SSSR count). The van der Waals surface area contributed by atoms with Crippen molar-refractivity contribution < 1.29 is 18.0 Å². The molecule has 0 aliphatic heterocycles. The van der Waals surface area contributed by atoms with E-state index in [-0.39, 0.29) is 11.5 Å². The normalized spacial score (nSPS) is 11.6. The summed E-state index contributed by atoms with van der Waals surface area (Å²) in [5.74, 6) is 0.842. The third-order valence-electron chi connectivity index (χ3n) is 3.77.